The summed E-state index contributed by atoms with van der Waals surface area (Å²) in [5.41, 5.74) is 3.70. The molecule has 3 aliphatic heterocycles. The van der Waals surface area contributed by atoms with E-state index in [1.807, 2.05) is 40.3 Å². The van der Waals surface area contributed by atoms with Crippen LogP contribution in [0, 0.1) is 5.92 Å². The van der Waals surface area contributed by atoms with Gasteiger partial charge in [0.05, 0.1) is 49.9 Å². The van der Waals surface area contributed by atoms with Crippen molar-refractivity contribution in [3.63, 3.8) is 0 Å². The number of benzene rings is 1. The highest BCUT2D eigenvalue weighted by molar-refractivity contribution is 6.30. The number of nitrogens with zero attached hydrogens (tertiary/aromatic N) is 5. The molecule has 0 bridgehead atoms. The topological polar surface area (TPSA) is 61.3 Å². The van der Waals surface area contributed by atoms with E-state index in [1.165, 1.54) is 32.1 Å². The number of amides is 2. The number of ether oxygens (including phenoxy) is 1. The molecule has 1 saturated heterocycles. The van der Waals surface area contributed by atoms with Gasteiger partial charge in [-0.15, -0.1) is 0 Å². The number of aromatic nitrogens is 1. The van der Waals surface area contributed by atoms with Gasteiger partial charge in [-0.05, 0) is 42.5 Å². The van der Waals surface area contributed by atoms with Gasteiger partial charge in [0, 0.05) is 18.1 Å². The Kier molecular flexibility index (Phi) is 5.91. The summed E-state index contributed by atoms with van der Waals surface area (Å²) in [6.45, 7) is 4.17. The van der Waals surface area contributed by atoms with Crippen molar-refractivity contribution in [3.8, 4) is 0 Å². The summed E-state index contributed by atoms with van der Waals surface area (Å²) in [5.74, 6) is 1.30. The van der Waals surface area contributed by atoms with Crippen molar-refractivity contribution in [2.75, 3.05) is 42.6 Å². The number of halogens is 1. The number of carbonyl (C=O) groups excluding carboxylic acids is 1. The Bertz CT molecular complexity index is 1090. The van der Waals surface area contributed by atoms with Crippen LogP contribution in [-0.4, -0.2) is 60.6 Å². The number of hydrogen-bond donors (Lipinski definition) is 0. The number of pyridine rings is 1. The van der Waals surface area contributed by atoms with Crippen LogP contribution in [0.1, 0.15) is 43.4 Å². The lowest BCUT2D eigenvalue weighted by molar-refractivity contribution is 0.122. The Hall–Kier alpha value is -2.64. The van der Waals surface area contributed by atoms with E-state index in [-0.39, 0.29) is 12.1 Å². The number of hydrogen-bond acceptors (Lipinski definition) is 5. The second-order valence-corrected chi connectivity index (χ2v) is 10.1. The second-order valence-electron chi connectivity index (χ2n) is 9.68. The zero-order chi connectivity index (χ0) is 23.1. The first-order chi connectivity index (χ1) is 16.7. The Labute approximate surface area is 205 Å². The molecule has 1 aromatic carbocycles. The van der Waals surface area contributed by atoms with Crippen LogP contribution in [0.5, 0.6) is 0 Å². The molecule has 2 fully saturated rings. The van der Waals surface area contributed by atoms with Gasteiger partial charge in [0.15, 0.2) is 5.84 Å². The molecular formula is C26H30ClN5O2. The van der Waals surface area contributed by atoms with Gasteiger partial charge in [0.1, 0.15) is 5.69 Å². The fraction of sp³-hybridized carbons (Fsp3) is 0.500. The summed E-state index contributed by atoms with van der Waals surface area (Å²) >= 11 is 6.10. The first-order valence-corrected chi connectivity index (χ1v) is 12.8. The number of urea groups is 1. The molecule has 0 radical (unpaired) electrons. The molecule has 178 valence electrons. The molecule has 1 unspecified atom stereocenters. The van der Waals surface area contributed by atoms with E-state index in [0.29, 0.717) is 37.2 Å². The zero-order valence-electron chi connectivity index (χ0n) is 19.3. The molecule has 0 N–H and O–H groups in total. The minimum atomic E-state index is -0.0135. The van der Waals surface area contributed by atoms with E-state index in [4.69, 9.17) is 26.3 Å². The van der Waals surface area contributed by atoms with Crippen LogP contribution < -0.4 is 9.80 Å². The number of morpholine rings is 1. The Balaban J connectivity index is 1.37. The molecule has 1 saturated carbocycles. The third-order valence-electron chi connectivity index (χ3n) is 7.56. The van der Waals surface area contributed by atoms with Gasteiger partial charge in [-0.1, -0.05) is 43.0 Å². The van der Waals surface area contributed by atoms with Crippen molar-refractivity contribution in [1.29, 1.82) is 0 Å². The van der Waals surface area contributed by atoms with E-state index in [9.17, 15) is 4.79 Å². The molecule has 34 heavy (non-hydrogen) atoms. The number of anilines is 2. The number of aliphatic imine (C=N–C) groups is 1. The quantitative estimate of drug-likeness (QED) is 0.636. The van der Waals surface area contributed by atoms with Gasteiger partial charge in [-0.2, -0.15) is 0 Å². The first kappa shape index (κ1) is 21.9. The van der Waals surface area contributed by atoms with Crippen LogP contribution in [-0.2, 0) is 11.3 Å². The molecular weight excluding hydrogens is 450 g/mol. The van der Waals surface area contributed by atoms with Gasteiger partial charge in [-0.25, -0.2) is 9.78 Å². The number of amidine groups is 1. The van der Waals surface area contributed by atoms with Crippen LogP contribution in [0.2, 0.25) is 5.02 Å². The Morgan fingerprint density at radius 1 is 1.06 bits per heavy atom. The molecule has 8 heteroatoms. The molecule has 6 rings (SSSR count). The molecule has 1 atom stereocenters. The normalized spacial score (nSPS) is 23.1. The van der Waals surface area contributed by atoms with E-state index in [1.54, 1.807) is 0 Å². The van der Waals surface area contributed by atoms with Crippen LogP contribution in [0.25, 0.3) is 0 Å². The maximum Gasteiger partial charge on any atom is 0.330 e. The minimum absolute atomic E-state index is 0.0135. The average molecular weight is 480 g/mol. The lowest BCUT2D eigenvalue weighted by Crippen LogP contribution is -2.50. The van der Waals surface area contributed by atoms with Crippen molar-refractivity contribution in [3.05, 3.63) is 52.8 Å². The Morgan fingerprint density at radius 2 is 1.82 bits per heavy atom. The zero-order valence-corrected chi connectivity index (χ0v) is 20.1. The summed E-state index contributed by atoms with van der Waals surface area (Å²) in [5, 5.41) is 0.690. The van der Waals surface area contributed by atoms with Crippen LogP contribution >= 0.6 is 11.6 Å². The van der Waals surface area contributed by atoms with Crippen LogP contribution in [0.4, 0.5) is 16.2 Å². The van der Waals surface area contributed by atoms with Crippen molar-refractivity contribution in [2.45, 2.75) is 44.7 Å². The highest BCUT2D eigenvalue weighted by Crippen LogP contribution is 2.38. The van der Waals surface area contributed by atoms with Crippen molar-refractivity contribution in [1.82, 2.24) is 9.88 Å². The summed E-state index contributed by atoms with van der Waals surface area (Å²) in [4.78, 5) is 29.8. The number of rotatable bonds is 4. The molecule has 1 aliphatic carbocycles. The molecule has 4 aliphatic rings. The summed E-state index contributed by atoms with van der Waals surface area (Å²) < 4.78 is 5.52. The maximum atomic E-state index is 13.8. The van der Waals surface area contributed by atoms with E-state index >= 15 is 0 Å². The van der Waals surface area contributed by atoms with Gasteiger partial charge >= 0.3 is 6.03 Å². The van der Waals surface area contributed by atoms with Crippen molar-refractivity contribution >= 4 is 34.8 Å². The lowest BCUT2D eigenvalue weighted by Gasteiger charge is -2.36. The second kappa shape index (κ2) is 9.19. The Morgan fingerprint density at radius 3 is 2.59 bits per heavy atom. The van der Waals surface area contributed by atoms with Crippen LogP contribution in [0.3, 0.4) is 0 Å². The molecule has 0 spiro atoms. The van der Waals surface area contributed by atoms with Gasteiger partial charge in [0.2, 0.25) is 0 Å². The standard InChI is InChI=1S/C26H30ClN5O2/c27-20-8-6-18(7-9-20)16-31-23-14-21(30-10-12-34-13-11-30)15-28-24(23)25-29-22(17-32(25)26(31)33)19-4-2-1-3-5-19/h6-9,14-15,19,22H,1-5,10-13,16-17H2. The van der Waals surface area contributed by atoms with Crippen molar-refractivity contribution < 1.29 is 9.53 Å². The summed E-state index contributed by atoms with van der Waals surface area (Å²) in [6, 6.07) is 9.96. The van der Waals surface area contributed by atoms with E-state index in [0.717, 1.165) is 41.6 Å². The average Bonchev–Trinajstić information content (AvgIpc) is 3.34. The minimum Gasteiger partial charge on any atom is -0.378 e. The predicted molar refractivity (Wildman–Crippen MR) is 134 cm³/mol. The van der Waals surface area contributed by atoms with Crippen molar-refractivity contribution in [2.24, 2.45) is 10.9 Å². The van der Waals surface area contributed by atoms with E-state index in [2.05, 4.69) is 11.0 Å². The highest BCUT2D eigenvalue weighted by Gasteiger charge is 2.43. The molecule has 7 nitrogen and oxygen atoms in total. The van der Waals surface area contributed by atoms with Gasteiger partial charge in [0.25, 0.3) is 0 Å². The maximum absolute atomic E-state index is 13.8. The summed E-state index contributed by atoms with van der Waals surface area (Å²) in [6.07, 6.45) is 8.17. The fourth-order valence-corrected chi connectivity index (χ4v) is 5.79. The van der Waals surface area contributed by atoms with E-state index < -0.39 is 0 Å². The largest absolute Gasteiger partial charge is 0.378 e. The third kappa shape index (κ3) is 4.05. The summed E-state index contributed by atoms with van der Waals surface area (Å²) in [7, 11) is 0. The molecule has 2 aromatic rings. The lowest BCUT2D eigenvalue weighted by atomic mass is 9.84. The monoisotopic (exact) mass is 479 g/mol. The highest BCUT2D eigenvalue weighted by atomic mass is 35.5. The molecule has 2 amide bonds. The van der Waals surface area contributed by atoms with Gasteiger partial charge in [-0.3, -0.25) is 14.8 Å². The number of carbonyl (C=O) groups is 1. The predicted octanol–water partition coefficient (Wildman–Crippen LogP) is 4.72. The smallest absolute Gasteiger partial charge is 0.330 e. The van der Waals surface area contributed by atoms with Gasteiger partial charge < -0.3 is 9.64 Å². The number of fused-ring (bicyclic) bond motifs is 3. The fourth-order valence-electron chi connectivity index (χ4n) is 5.66. The first-order valence-electron chi connectivity index (χ1n) is 12.4. The molecule has 4 heterocycles. The SMILES string of the molecule is O=C1N2CC(C3CCCCC3)N=C2c2ncc(N3CCOCC3)cc2N1Cc1ccc(Cl)cc1. The molecule has 1 aromatic heterocycles. The van der Waals surface area contributed by atoms with Crippen LogP contribution in [0.15, 0.2) is 41.5 Å². The third-order valence-corrected chi connectivity index (χ3v) is 7.81.